The van der Waals surface area contributed by atoms with Gasteiger partial charge in [0.15, 0.2) is 0 Å². The molecule has 0 rings (SSSR count). The molecule has 0 aliphatic heterocycles. The largest absolute Gasteiger partial charge is 0.300 e. The van der Waals surface area contributed by atoms with Crippen molar-refractivity contribution in [2.24, 2.45) is 17.8 Å². The van der Waals surface area contributed by atoms with Gasteiger partial charge in [0.2, 0.25) is 0 Å². The van der Waals surface area contributed by atoms with E-state index in [1.54, 1.807) is 6.92 Å². The van der Waals surface area contributed by atoms with E-state index in [1.807, 2.05) is 0 Å². The van der Waals surface area contributed by atoms with Gasteiger partial charge in [0, 0.05) is 6.42 Å². The van der Waals surface area contributed by atoms with Gasteiger partial charge in [-0.15, -0.1) is 0 Å². The molecule has 0 aromatic heterocycles. The molecule has 0 aromatic rings. The molecule has 0 amide bonds. The van der Waals surface area contributed by atoms with Gasteiger partial charge in [0.25, 0.3) is 0 Å². The lowest BCUT2D eigenvalue weighted by Crippen LogP contribution is -2.18. The summed E-state index contributed by atoms with van der Waals surface area (Å²) in [5, 5.41) is 0. The van der Waals surface area contributed by atoms with Gasteiger partial charge in [-0.2, -0.15) is 0 Å². The van der Waals surface area contributed by atoms with Crippen LogP contribution >= 0.6 is 0 Å². The summed E-state index contributed by atoms with van der Waals surface area (Å²) in [6.45, 7) is 10.4. The highest BCUT2D eigenvalue weighted by molar-refractivity contribution is 5.75. The van der Waals surface area contributed by atoms with Crippen LogP contribution in [0.4, 0.5) is 0 Å². The third kappa shape index (κ3) is 4.18. The second-order valence-corrected chi connectivity index (χ2v) is 4.06. The first-order valence-corrected chi connectivity index (χ1v) is 4.44. The van der Waals surface area contributed by atoms with Crippen molar-refractivity contribution in [2.45, 2.75) is 41.0 Å². The number of carbonyl (C=O) groups is 1. The second kappa shape index (κ2) is 4.53. The zero-order valence-corrected chi connectivity index (χ0v) is 8.35. The van der Waals surface area contributed by atoms with Crippen molar-refractivity contribution in [3.05, 3.63) is 0 Å². The van der Waals surface area contributed by atoms with Crippen LogP contribution in [0, 0.1) is 17.8 Å². The predicted molar refractivity (Wildman–Crippen MR) is 48.5 cm³/mol. The number of carbonyl (C=O) groups excluding carboxylic acids is 1. The van der Waals surface area contributed by atoms with Gasteiger partial charge in [-0.25, -0.2) is 0 Å². The van der Waals surface area contributed by atoms with Crippen molar-refractivity contribution in [3.8, 4) is 0 Å². The van der Waals surface area contributed by atoms with E-state index >= 15 is 0 Å². The van der Waals surface area contributed by atoms with Crippen LogP contribution in [0.15, 0.2) is 0 Å². The van der Waals surface area contributed by atoms with Crippen molar-refractivity contribution >= 4 is 5.78 Å². The minimum Gasteiger partial charge on any atom is -0.300 e. The maximum absolute atomic E-state index is 10.9. The van der Waals surface area contributed by atoms with Gasteiger partial charge in [-0.3, -0.25) is 0 Å². The number of Topliss-reactive ketones (excluding diaryl/α,β-unsaturated/α-hetero) is 1. The molecule has 0 atom stereocenters. The van der Waals surface area contributed by atoms with E-state index in [9.17, 15) is 4.79 Å². The lowest BCUT2D eigenvalue weighted by Gasteiger charge is -2.23. The molecule has 0 heterocycles. The monoisotopic (exact) mass is 156 g/mol. The Labute approximate surface area is 70.2 Å². The van der Waals surface area contributed by atoms with E-state index in [0.717, 1.165) is 6.42 Å². The molecule has 0 aromatic carbocycles. The first-order chi connectivity index (χ1) is 4.95. The van der Waals surface area contributed by atoms with Gasteiger partial charge in [0.1, 0.15) is 5.78 Å². The molecule has 0 bridgehead atoms. The molecule has 66 valence electrons. The smallest absolute Gasteiger partial charge is 0.130 e. The van der Waals surface area contributed by atoms with Gasteiger partial charge in [-0.05, 0) is 24.7 Å². The predicted octanol–water partition coefficient (Wildman–Crippen LogP) is 2.89. The molecule has 0 saturated heterocycles. The Morgan fingerprint density at radius 2 is 1.45 bits per heavy atom. The summed E-state index contributed by atoms with van der Waals surface area (Å²) in [4.78, 5) is 10.9. The third-order valence-corrected chi connectivity index (χ3v) is 2.24. The summed E-state index contributed by atoms with van der Waals surface area (Å²) in [5.41, 5.74) is 0. The van der Waals surface area contributed by atoms with Crippen LogP contribution in [-0.4, -0.2) is 5.78 Å². The van der Waals surface area contributed by atoms with Crippen molar-refractivity contribution < 1.29 is 4.79 Å². The molecule has 0 fully saturated rings. The van der Waals surface area contributed by atoms with Gasteiger partial charge in [-0.1, -0.05) is 27.7 Å². The van der Waals surface area contributed by atoms with E-state index < -0.39 is 0 Å². The first-order valence-electron chi connectivity index (χ1n) is 4.44. The van der Waals surface area contributed by atoms with Crippen LogP contribution in [0.5, 0.6) is 0 Å². The maximum atomic E-state index is 10.9. The van der Waals surface area contributed by atoms with E-state index in [4.69, 9.17) is 0 Å². The third-order valence-electron chi connectivity index (χ3n) is 2.24. The highest BCUT2D eigenvalue weighted by Gasteiger charge is 2.18. The SMILES string of the molecule is CC(=O)CC(C(C)C)C(C)C. The van der Waals surface area contributed by atoms with E-state index in [2.05, 4.69) is 27.7 Å². The van der Waals surface area contributed by atoms with Crippen molar-refractivity contribution in [1.82, 2.24) is 0 Å². The molecule has 0 N–H and O–H groups in total. The Kier molecular flexibility index (Phi) is 4.39. The van der Waals surface area contributed by atoms with Crippen molar-refractivity contribution in [3.63, 3.8) is 0 Å². The molecule has 11 heavy (non-hydrogen) atoms. The van der Waals surface area contributed by atoms with Crippen LogP contribution in [-0.2, 0) is 4.79 Å². The van der Waals surface area contributed by atoms with Crippen LogP contribution in [0.2, 0.25) is 0 Å². The summed E-state index contributed by atoms with van der Waals surface area (Å²) in [6.07, 6.45) is 0.745. The summed E-state index contributed by atoms with van der Waals surface area (Å²) < 4.78 is 0. The molecule has 1 heteroatoms. The van der Waals surface area contributed by atoms with Crippen LogP contribution in [0.1, 0.15) is 41.0 Å². The van der Waals surface area contributed by atoms with Crippen LogP contribution < -0.4 is 0 Å². The Hall–Kier alpha value is -0.330. The van der Waals surface area contributed by atoms with Gasteiger partial charge in [0.05, 0.1) is 0 Å². The number of hydrogen-bond donors (Lipinski definition) is 0. The first kappa shape index (κ1) is 10.7. The second-order valence-electron chi connectivity index (χ2n) is 4.06. The molecular formula is C10H20O. The average Bonchev–Trinajstić information content (AvgIpc) is 1.81. The standard InChI is InChI=1S/C10H20O/c1-7(2)10(8(3)4)6-9(5)11/h7-8,10H,6H2,1-5H3. The fourth-order valence-electron chi connectivity index (χ4n) is 1.57. The maximum Gasteiger partial charge on any atom is 0.130 e. The van der Waals surface area contributed by atoms with E-state index in [-0.39, 0.29) is 0 Å². The quantitative estimate of drug-likeness (QED) is 0.611. The zero-order valence-electron chi connectivity index (χ0n) is 8.35. The molecule has 0 spiro atoms. The number of ketones is 1. The molecule has 0 aliphatic rings. The molecule has 0 saturated carbocycles. The normalized spacial score (nSPS) is 11.6. The Morgan fingerprint density at radius 3 is 1.55 bits per heavy atom. The zero-order chi connectivity index (χ0) is 9.02. The highest BCUT2D eigenvalue weighted by Crippen LogP contribution is 2.23. The fraction of sp³-hybridized carbons (Fsp3) is 0.900. The Morgan fingerprint density at radius 1 is 1.09 bits per heavy atom. The lowest BCUT2D eigenvalue weighted by molar-refractivity contribution is -0.118. The Bertz CT molecular complexity index is 117. The Balaban J connectivity index is 4.00. The molecule has 0 unspecified atom stereocenters. The van der Waals surface area contributed by atoms with Gasteiger partial charge < -0.3 is 4.79 Å². The topological polar surface area (TPSA) is 17.1 Å². The summed E-state index contributed by atoms with van der Waals surface area (Å²) in [7, 11) is 0. The molecule has 1 nitrogen and oxygen atoms in total. The van der Waals surface area contributed by atoms with Crippen LogP contribution in [0.25, 0.3) is 0 Å². The van der Waals surface area contributed by atoms with Crippen molar-refractivity contribution in [1.29, 1.82) is 0 Å². The number of rotatable bonds is 4. The van der Waals surface area contributed by atoms with Crippen LogP contribution in [0.3, 0.4) is 0 Å². The minimum atomic E-state index is 0.317. The minimum absolute atomic E-state index is 0.317. The van der Waals surface area contributed by atoms with Gasteiger partial charge >= 0.3 is 0 Å². The highest BCUT2D eigenvalue weighted by atomic mass is 16.1. The number of hydrogen-bond acceptors (Lipinski definition) is 1. The van der Waals surface area contributed by atoms with Crippen molar-refractivity contribution in [2.75, 3.05) is 0 Å². The summed E-state index contributed by atoms with van der Waals surface area (Å²) >= 11 is 0. The van der Waals surface area contributed by atoms with E-state index in [1.165, 1.54) is 0 Å². The molecule has 0 aliphatic carbocycles. The summed E-state index contributed by atoms with van der Waals surface area (Å²) in [5.74, 6) is 2.13. The van der Waals surface area contributed by atoms with E-state index in [0.29, 0.717) is 23.5 Å². The fourth-order valence-corrected chi connectivity index (χ4v) is 1.57. The summed E-state index contributed by atoms with van der Waals surface area (Å²) in [6, 6.07) is 0. The molecule has 0 radical (unpaired) electrons. The molecular weight excluding hydrogens is 136 g/mol. The average molecular weight is 156 g/mol. The lowest BCUT2D eigenvalue weighted by atomic mass is 9.82.